The Kier molecular flexibility index (Phi) is 3.50. The fourth-order valence-electron chi connectivity index (χ4n) is 2.56. The number of carbonyl (C=O) groups is 1. The molecule has 1 aliphatic rings. The summed E-state index contributed by atoms with van der Waals surface area (Å²) in [6.45, 7) is 0. The maximum Gasteiger partial charge on any atom is 0.196 e. The van der Waals surface area contributed by atoms with E-state index in [0.717, 1.165) is 5.56 Å². The van der Waals surface area contributed by atoms with Gasteiger partial charge in [0, 0.05) is 11.8 Å². The second kappa shape index (κ2) is 5.45. The van der Waals surface area contributed by atoms with Crippen LogP contribution in [0.3, 0.4) is 0 Å². The number of rotatable bonds is 4. The van der Waals surface area contributed by atoms with E-state index >= 15 is 0 Å². The smallest absolute Gasteiger partial charge is 0.196 e. The van der Waals surface area contributed by atoms with Crippen molar-refractivity contribution >= 4 is 5.78 Å². The Hall–Kier alpha value is -2.16. The Morgan fingerprint density at radius 1 is 1.30 bits per heavy atom. The maximum absolute atomic E-state index is 12.6. The molecule has 102 valence electrons. The third-order valence-electron chi connectivity index (χ3n) is 3.97. The van der Waals surface area contributed by atoms with Gasteiger partial charge in [0.1, 0.15) is 5.75 Å². The molecule has 1 fully saturated rings. The highest BCUT2D eigenvalue weighted by Crippen LogP contribution is 2.36. The first-order valence-corrected chi connectivity index (χ1v) is 6.92. The fourth-order valence-corrected chi connectivity index (χ4v) is 2.56. The molecule has 3 heteroatoms. The molecule has 2 aromatic rings. The molecular formula is C17H17NO2. The van der Waals surface area contributed by atoms with Crippen molar-refractivity contribution in [3.8, 4) is 5.75 Å². The molecule has 3 nitrogen and oxygen atoms in total. The molecule has 0 amide bonds. The third kappa shape index (κ3) is 2.31. The number of hydrogen-bond acceptors (Lipinski definition) is 3. The van der Waals surface area contributed by atoms with Gasteiger partial charge in [0.2, 0.25) is 0 Å². The molecule has 0 spiro atoms. The van der Waals surface area contributed by atoms with Gasteiger partial charge in [-0.15, -0.1) is 0 Å². The molecule has 1 saturated carbocycles. The Morgan fingerprint density at radius 2 is 2.15 bits per heavy atom. The van der Waals surface area contributed by atoms with Crippen molar-refractivity contribution in [2.24, 2.45) is 0 Å². The van der Waals surface area contributed by atoms with E-state index in [1.54, 1.807) is 25.6 Å². The van der Waals surface area contributed by atoms with E-state index < -0.39 is 0 Å². The number of methoxy groups -OCH3 is 1. The van der Waals surface area contributed by atoms with Gasteiger partial charge in [0.15, 0.2) is 5.78 Å². The van der Waals surface area contributed by atoms with Gasteiger partial charge < -0.3 is 4.74 Å². The quantitative estimate of drug-likeness (QED) is 0.795. The predicted molar refractivity (Wildman–Crippen MR) is 77.3 cm³/mol. The van der Waals surface area contributed by atoms with E-state index in [9.17, 15) is 4.79 Å². The molecule has 20 heavy (non-hydrogen) atoms. The lowest BCUT2D eigenvalue weighted by Crippen LogP contribution is -2.10. The fraction of sp³-hybridized carbons (Fsp3) is 0.294. The molecule has 0 radical (unpaired) electrons. The van der Waals surface area contributed by atoms with Gasteiger partial charge in [-0.25, -0.2) is 0 Å². The minimum atomic E-state index is -0.00887. The normalized spacial score (nSPS) is 14.7. The third-order valence-corrected chi connectivity index (χ3v) is 3.97. The van der Waals surface area contributed by atoms with Crippen LogP contribution in [0.15, 0.2) is 42.7 Å². The van der Waals surface area contributed by atoms with E-state index in [1.807, 2.05) is 18.2 Å². The van der Waals surface area contributed by atoms with Gasteiger partial charge in [-0.2, -0.15) is 0 Å². The van der Waals surface area contributed by atoms with Crippen LogP contribution in [-0.4, -0.2) is 17.9 Å². The second-order valence-electron chi connectivity index (χ2n) is 5.16. The highest BCUT2D eigenvalue weighted by molar-refractivity contribution is 6.10. The number of pyridine rings is 1. The number of ether oxygens (including phenoxy) is 1. The number of nitrogens with zero attached hydrogens (tertiary/aromatic N) is 1. The molecule has 0 saturated heterocycles. The number of aromatic nitrogens is 1. The van der Waals surface area contributed by atoms with E-state index in [1.165, 1.54) is 24.8 Å². The Bertz CT molecular complexity index is 632. The van der Waals surface area contributed by atoms with Crippen molar-refractivity contribution in [3.63, 3.8) is 0 Å². The summed E-state index contributed by atoms with van der Waals surface area (Å²) in [7, 11) is 1.55. The summed E-state index contributed by atoms with van der Waals surface area (Å²) in [5, 5.41) is 0. The van der Waals surface area contributed by atoms with Gasteiger partial charge in [0.05, 0.1) is 18.9 Å². The standard InChI is InChI=1S/C17H17NO2/c1-20-16-11-18-9-8-15(16)17(19)14-7-3-6-13(10-14)12-4-2-5-12/h3,6-12H,2,4-5H2,1H3. The zero-order valence-electron chi connectivity index (χ0n) is 11.5. The van der Waals surface area contributed by atoms with Crippen molar-refractivity contribution in [1.82, 2.24) is 4.98 Å². The van der Waals surface area contributed by atoms with Crippen LogP contribution < -0.4 is 4.74 Å². The van der Waals surface area contributed by atoms with Crippen LogP contribution in [0.25, 0.3) is 0 Å². The van der Waals surface area contributed by atoms with Gasteiger partial charge in [0.25, 0.3) is 0 Å². The number of carbonyl (C=O) groups excluding carboxylic acids is 1. The van der Waals surface area contributed by atoms with Crippen LogP contribution in [0, 0.1) is 0 Å². The van der Waals surface area contributed by atoms with E-state index in [-0.39, 0.29) is 5.78 Å². The van der Waals surface area contributed by atoms with Crippen molar-refractivity contribution in [2.75, 3.05) is 7.11 Å². The molecule has 1 aliphatic carbocycles. The van der Waals surface area contributed by atoms with Gasteiger partial charge in [-0.1, -0.05) is 24.6 Å². The van der Waals surface area contributed by atoms with E-state index in [2.05, 4.69) is 11.1 Å². The number of hydrogen-bond donors (Lipinski definition) is 0. The van der Waals surface area contributed by atoms with E-state index in [4.69, 9.17) is 4.74 Å². The summed E-state index contributed by atoms with van der Waals surface area (Å²) >= 11 is 0. The minimum absolute atomic E-state index is 0.00887. The molecule has 0 bridgehead atoms. The highest BCUT2D eigenvalue weighted by Gasteiger charge is 2.21. The molecule has 0 atom stereocenters. The molecule has 1 aromatic carbocycles. The molecule has 0 N–H and O–H groups in total. The SMILES string of the molecule is COc1cnccc1C(=O)c1cccc(C2CCC2)c1. The van der Waals surface area contributed by atoms with Gasteiger partial charge >= 0.3 is 0 Å². The summed E-state index contributed by atoms with van der Waals surface area (Å²) in [5.74, 6) is 1.14. The average Bonchev–Trinajstić information content (AvgIpc) is 2.45. The molecule has 3 rings (SSSR count). The summed E-state index contributed by atoms with van der Waals surface area (Å²) < 4.78 is 5.21. The van der Waals surface area contributed by atoms with Crippen molar-refractivity contribution in [2.45, 2.75) is 25.2 Å². The summed E-state index contributed by atoms with van der Waals surface area (Å²) in [5.41, 5.74) is 2.56. The first kappa shape index (κ1) is 12.9. The van der Waals surface area contributed by atoms with E-state index in [0.29, 0.717) is 17.2 Å². The largest absolute Gasteiger partial charge is 0.494 e. The molecule has 1 aromatic heterocycles. The lowest BCUT2D eigenvalue weighted by Gasteiger charge is -2.26. The van der Waals surface area contributed by atoms with Crippen LogP contribution in [0.5, 0.6) is 5.75 Å². The average molecular weight is 267 g/mol. The summed E-state index contributed by atoms with van der Waals surface area (Å²) in [6, 6.07) is 9.67. The Labute approximate surface area is 118 Å². The van der Waals surface area contributed by atoms with Gasteiger partial charge in [-0.05, 0) is 36.5 Å². The molecule has 0 aliphatic heterocycles. The zero-order valence-corrected chi connectivity index (χ0v) is 11.5. The summed E-state index contributed by atoms with van der Waals surface area (Å²) in [4.78, 5) is 16.6. The first-order chi connectivity index (χ1) is 9.79. The highest BCUT2D eigenvalue weighted by atomic mass is 16.5. The predicted octanol–water partition coefficient (Wildman–Crippen LogP) is 3.59. The topological polar surface area (TPSA) is 39.2 Å². The van der Waals surface area contributed by atoms with Crippen LogP contribution in [0.4, 0.5) is 0 Å². The molecular weight excluding hydrogens is 250 g/mol. The van der Waals surface area contributed by atoms with Crippen LogP contribution in [0.1, 0.15) is 46.7 Å². The molecule has 0 unspecified atom stereocenters. The van der Waals surface area contributed by atoms with Crippen molar-refractivity contribution in [1.29, 1.82) is 0 Å². The first-order valence-electron chi connectivity index (χ1n) is 6.92. The van der Waals surface area contributed by atoms with Crippen LogP contribution >= 0.6 is 0 Å². The second-order valence-corrected chi connectivity index (χ2v) is 5.16. The monoisotopic (exact) mass is 267 g/mol. The lowest BCUT2D eigenvalue weighted by molar-refractivity contribution is 0.103. The maximum atomic E-state index is 12.6. The number of ketones is 1. The van der Waals surface area contributed by atoms with Crippen LogP contribution in [0.2, 0.25) is 0 Å². The lowest BCUT2D eigenvalue weighted by atomic mass is 9.79. The Balaban J connectivity index is 1.93. The van der Waals surface area contributed by atoms with Crippen molar-refractivity contribution < 1.29 is 9.53 Å². The summed E-state index contributed by atoms with van der Waals surface area (Å²) in [6.07, 6.45) is 6.95. The Morgan fingerprint density at radius 3 is 2.85 bits per heavy atom. The minimum Gasteiger partial charge on any atom is -0.494 e. The van der Waals surface area contributed by atoms with Gasteiger partial charge in [-0.3, -0.25) is 9.78 Å². The number of benzene rings is 1. The molecule has 1 heterocycles. The van der Waals surface area contributed by atoms with Crippen molar-refractivity contribution in [3.05, 3.63) is 59.4 Å². The zero-order chi connectivity index (χ0) is 13.9. The van der Waals surface area contributed by atoms with Crippen LogP contribution in [-0.2, 0) is 0 Å².